The number of aromatic nitrogens is 2. The first-order chi connectivity index (χ1) is 9.60. The predicted molar refractivity (Wildman–Crippen MR) is 87.2 cm³/mol. The van der Waals surface area contributed by atoms with Crippen LogP contribution in [-0.4, -0.2) is 17.0 Å². The molecule has 0 radical (unpaired) electrons. The van der Waals surface area contributed by atoms with E-state index in [9.17, 15) is 0 Å². The van der Waals surface area contributed by atoms with E-state index < -0.39 is 0 Å². The molecule has 3 nitrogen and oxygen atoms in total. The normalized spacial score (nSPS) is 11.0. The summed E-state index contributed by atoms with van der Waals surface area (Å²) in [6, 6.07) is 3.51. The first-order valence-corrected chi connectivity index (χ1v) is 7.67. The van der Waals surface area contributed by atoms with E-state index in [2.05, 4.69) is 20.7 Å². The van der Waals surface area contributed by atoms with Gasteiger partial charge in [0.1, 0.15) is 5.82 Å². The Morgan fingerprint density at radius 1 is 1.15 bits per heavy atom. The molecule has 2 aromatic heterocycles. The second-order valence-electron chi connectivity index (χ2n) is 4.40. The molecule has 3 rings (SSSR count). The van der Waals surface area contributed by atoms with E-state index in [0.29, 0.717) is 21.4 Å². The summed E-state index contributed by atoms with van der Waals surface area (Å²) >= 11 is 13.9. The molecule has 0 unspecified atom stereocenters. The molecule has 6 heteroatoms. The maximum atomic E-state index is 6.26. The van der Waals surface area contributed by atoms with Gasteiger partial charge in [0.05, 0.1) is 10.5 Å². The van der Waals surface area contributed by atoms with Gasteiger partial charge in [-0.05, 0) is 30.0 Å². The van der Waals surface area contributed by atoms with Crippen LogP contribution in [0.2, 0.25) is 10.0 Å². The number of halogens is 2. The number of nitrogens with zero attached hydrogens (tertiary/aromatic N) is 2. The maximum Gasteiger partial charge on any atom is 0.163 e. The van der Waals surface area contributed by atoms with Gasteiger partial charge in [0.2, 0.25) is 0 Å². The van der Waals surface area contributed by atoms with Crippen LogP contribution in [0.5, 0.6) is 0 Å². The van der Waals surface area contributed by atoms with Crippen LogP contribution in [0.3, 0.4) is 0 Å². The van der Waals surface area contributed by atoms with Gasteiger partial charge in [-0.1, -0.05) is 23.2 Å². The lowest BCUT2D eigenvalue weighted by molar-refractivity contribution is 1.21. The average Bonchev–Trinajstić information content (AvgIpc) is 2.84. The Morgan fingerprint density at radius 3 is 2.60 bits per heavy atom. The minimum atomic E-state index is 0.528. The fraction of sp³-hybridized carbons (Fsp3) is 0.143. The summed E-state index contributed by atoms with van der Waals surface area (Å²) in [6.07, 6.45) is 0. The summed E-state index contributed by atoms with van der Waals surface area (Å²) in [5.74, 6) is 1.39. The fourth-order valence-electron chi connectivity index (χ4n) is 2.06. The number of nitrogens with one attached hydrogen (secondary N) is 1. The van der Waals surface area contributed by atoms with Crippen molar-refractivity contribution in [3.05, 3.63) is 38.5 Å². The number of benzene rings is 1. The number of thiophene rings is 1. The summed E-state index contributed by atoms with van der Waals surface area (Å²) < 4.78 is 0. The number of fused-ring (bicyclic) bond motifs is 1. The average molecular weight is 324 g/mol. The summed E-state index contributed by atoms with van der Waals surface area (Å²) in [6.45, 7) is 2.04. The van der Waals surface area contributed by atoms with Crippen LogP contribution in [0.15, 0.2) is 22.9 Å². The van der Waals surface area contributed by atoms with Gasteiger partial charge in [-0.2, -0.15) is 11.3 Å². The summed E-state index contributed by atoms with van der Waals surface area (Å²) in [5, 5.41) is 9.12. The van der Waals surface area contributed by atoms with Crippen molar-refractivity contribution >= 4 is 51.3 Å². The van der Waals surface area contributed by atoms with Crippen molar-refractivity contribution in [2.75, 3.05) is 12.4 Å². The van der Waals surface area contributed by atoms with Crippen molar-refractivity contribution in [1.29, 1.82) is 0 Å². The number of anilines is 1. The Kier molecular flexibility index (Phi) is 3.54. The zero-order valence-corrected chi connectivity index (χ0v) is 13.2. The minimum Gasteiger partial charge on any atom is -0.373 e. The van der Waals surface area contributed by atoms with E-state index in [-0.39, 0.29) is 0 Å². The number of rotatable bonds is 2. The highest BCUT2D eigenvalue weighted by Gasteiger charge is 2.13. The first kappa shape index (κ1) is 13.6. The predicted octanol–water partition coefficient (Wildman–Crippen LogP) is 5.02. The maximum absolute atomic E-state index is 6.26. The van der Waals surface area contributed by atoms with Crippen molar-refractivity contribution in [3.8, 4) is 11.4 Å². The Morgan fingerprint density at radius 2 is 1.95 bits per heavy atom. The van der Waals surface area contributed by atoms with Gasteiger partial charge in [-0.3, -0.25) is 0 Å². The Labute approximate surface area is 130 Å². The summed E-state index contributed by atoms with van der Waals surface area (Å²) in [7, 11) is 1.82. The summed E-state index contributed by atoms with van der Waals surface area (Å²) in [4.78, 5) is 9.16. The van der Waals surface area contributed by atoms with Gasteiger partial charge in [-0.25, -0.2) is 9.97 Å². The monoisotopic (exact) mass is 323 g/mol. The van der Waals surface area contributed by atoms with Crippen LogP contribution >= 0.6 is 34.5 Å². The van der Waals surface area contributed by atoms with Gasteiger partial charge < -0.3 is 5.32 Å². The lowest BCUT2D eigenvalue weighted by Crippen LogP contribution is -1.99. The second-order valence-corrected chi connectivity index (χ2v) is 5.99. The molecule has 3 aromatic rings. The van der Waals surface area contributed by atoms with E-state index in [1.165, 1.54) is 0 Å². The molecule has 0 saturated heterocycles. The first-order valence-electron chi connectivity index (χ1n) is 5.98. The van der Waals surface area contributed by atoms with Gasteiger partial charge in [0.15, 0.2) is 5.82 Å². The molecule has 0 atom stereocenters. The zero-order valence-electron chi connectivity index (χ0n) is 10.9. The molecule has 0 aliphatic heterocycles. The molecule has 1 N–H and O–H groups in total. The van der Waals surface area contributed by atoms with E-state index in [0.717, 1.165) is 22.3 Å². The van der Waals surface area contributed by atoms with E-state index in [1.54, 1.807) is 17.4 Å². The Bertz CT molecular complexity index is 798. The van der Waals surface area contributed by atoms with Crippen LogP contribution in [0.1, 0.15) is 5.56 Å². The molecule has 102 valence electrons. The molecule has 0 aliphatic rings. The van der Waals surface area contributed by atoms with Crippen LogP contribution in [0.4, 0.5) is 5.82 Å². The fourth-order valence-corrected chi connectivity index (χ4v) is 3.42. The van der Waals surface area contributed by atoms with Crippen molar-refractivity contribution < 1.29 is 0 Å². The number of aryl methyl sites for hydroxylation is 1. The third-order valence-corrected chi connectivity index (χ3v) is 4.42. The van der Waals surface area contributed by atoms with Crippen molar-refractivity contribution in [2.24, 2.45) is 0 Å². The van der Waals surface area contributed by atoms with Crippen molar-refractivity contribution in [3.63, 3.8) is 0 Å². The second kappa shape index (κ2) is 5.20. The van der Waals surface area contributed by atoms with Gasteiger partial charge in [0, 0.05) is 28.4 Å². The number of hydrogen-bond acceptors (Lipinski definition) is 4. The topological polar surface area (TPSA) is 37.8 Å². The van der Waals surface area contributed by atoms with Gasteiger partial charge in [-0.15, -0.1) is 0 Å². The van der Waals surface area contributed by atoms with Crippen molar-refractivity contribution in [1.82, 2.24) is 9.97 Å². The van der Waals surface area contributed by atoms with E-state index in [4.69, 9.17) is 23.2 Å². The molecule has 0 bridgehead atoms. The van der Waals surface area contributed by atoms with E-state index in [1.807, 2.05) is 25.4 Å². The molecule has 0 aliphatic carbocycles. The highest BCUT2D eigenvalue weighted by Crippen LogP contribution is 2.33. The Balaban J connectivity index is 2.35. The van der Waals surface area contributed by atoms with E-state index >= 15 is 0 Å². The number of hydrogen-bond donors (Lipinski definition) is 1. The molecule has 20 heavy (non-hydrogen) atoms. The van der Waals surface area contributed by atoms with Crippen molar-refractivity contribution in [2.45, 2.75) is 6.92 Å². The molecule has 0 fully saturated rings. The van der Waals surface area contributed by atoms with Crippen LogP contribution in [0.25, 0.3) is 22.3 Å². The lowest BCUT2D eigenvalue weighted by Gasteiger charge is -2.09. The Hall–Kier alpha value is -1.36. The molecule has 2 heterocycles. The third-order valence-electron chi connectivity index (χ3n) is 3.05. The van der Waals surface area contributed by atoms with Crippen LogP contribution < -0.4 is 5.32 Å². The highest BCUT2D eigenvalue weighted by atomic mass is 35.5. The standard InChI is InChI=1S/C14H11Cl2N3S/c1-7-5-20-6-10(7)14-18-12-9(13(17-2)19-14)3-8(15)4-11(12)16/h3-6H,1-2H3,(H,17,18,19). The van der Waals surface area contributed by atoms with Crippen LogP contribution in [0, 0.1) is 6.92 Å². The highest BCUT2D eigenvalue weighted by molar-refractivity contribution is 7.08. The van der Waals surface area contributed by atoms with Gasteiger partial charge in [0.25, 0.3) is 0 Å². The molecular formula is C14H11Cl2N3S. The molecular weight excluding hydrogens is 313 g/mol. The summed E-state index contributed by atoms with van der Waals surface area (Å²) in [5.41, 5.74) is 2.89. The lowest BCUT2D eigenvalue weighted by atomic mass is 10.2. The SMILES string of the molecule is CNc1nc(-c2cscc2C)nc2c(Cl)cc(Cl)cc12. The largest absolute Gasteiger partial charge is 0.373 e. The molecule has 0 saturated carbocycles. The van der Waals surface area contributed by atoms with Gasteiger partial charge >= 0.3 is 0 Å². The molecule has 0 spiro atoms. The minimum absolute atomic E-state index is 0.528. The third kappa shape index (κ3) is 2.24. The quantitative estimate of drug-likeness (QED) is 0.719. The molecule has 1 aromatic carbocycles. The zero-order chi connectivity index (χ0) is 14.3. The molecule has 0 amide bonds. The van der Waals surface area contributed by atoms with Crippen LogP contribution in [-0.2, 0) is 0 Å². The smallest absolute Gasteiger partial charge is 0.163 e.